The van der Waals surface area contributed by atoms with Gasteiger partial charge in [-0.3, -0.25) is 9.59 Å². The first-order chi connectivity index (χ1) is 16.3. The fraction of sp³-hybridized carbons (Fsp3) is 0.308. The van der Waals surface area contributed by atoms with Crippen molar-refractivity contribution in [2.75, 3.05) is 20.1 Å². The molecule has 2 amide bonds. The lowest BCUT2D eigenvalue weighted by Crippen LogP contribution is -2.51. The quantitative estimate of drug-likeness (QED) is 0.481. The van der Waals surface area contributed by atoms with Gasteiger partial charge in [0.1, 0.15) is 6.04 Å². The highest BCUT2D eigenvalue weighted by atomic mass is 32.2. The number of carbonyl (C=O) groups excluding carboxylic acids is 2. The lowest BCUT2D eigenvalue weighted by Gasteiger charge is -2.31. The van der Waals surface area contributed by atoms with Crippen molar-refractivity contribution >= 4 is 32.6 Å². The zero-order valence-corrected chi connectivity index (χ0v) is 20.6. The van der Waals surface area contributed by atoms with Crippen molar-refractivity contribution in [3.63, 3.8) is 0 Å². The molecule has 0 aliphatic rings. The molecule has 0 aromatic heterocycles. The number of likely N-dealkylation sites (N-methyl/N-ethyl adjacent to an activating group) is 2. The molecule has 1 N–H and O–H groups in total. The van der Waals surface area contributed by atoms with E-state index in [9.17, 15) is 18.0 Å². The minimum Gasteiger partial charge on any atom is -0.355 e. The van der Waals surface area contributed by atoms with Gasteiger partial charge in [0.05, 0.1) is 11.4 Å². The van der Waals surface area contributed by atoms with Gasteiger partial charge in [-0.1, -0.05) is 67.6 Å². The lowest BCUT2D eigenvalue weighted by molar-refractivity contribution is -0.141. The van der Waals surface area contributed by atoms with E-state index in [4.69, 9.17) is 0 Å². The molecule has 0 saturated heterocycles. The van der Waals surface area contributed by atoms with Crippen LogP contribution in [-0.2, 0) is 26.2 Å². The molecule has 3 aromatic rings. The molecule has 8 heteroatoms. The summed E-state index contributed by atoms with van der Waals surface area (Å²) in [7, 11) is -2.52. The molecule has 0 spiro atoms. The summed E-state index contributed by atoms with van der Waals surface area (Å²) >= 11 is 0. The number of benzene rings is 3. The maximum atomic E-state index is 13.4. The van der Waals surface area contributed by atoms with Crippen LogP contribution in [0.1, 0.15) is 25.8 Å². The molecule has 1 atom stereocenters. The van der Waals surface area contributed by atoms with Crippen LogP contribution in [0.15, 0.2) is 77.7 Å². The van der Waals surface area contributed by atoms with Gasteiger partial charge in [-0.25, -0.2) is 8.42 Å². The predicted octanol–water partition coefficient (Wildman–Crippen LogP) is 3.40. The highest BCUT2D eigenvalue weighted by molar-refractivity contribution is 7.89. The standard InChI is InChI=1S/C26H31N3O4S/c1-4-24(26(31)27-5-2)29(18-20-11-7-6-8-12-20)25(30)19-28(3)34(32,33)23-16-15-21-13-9-10-14-22(21)17-23/h6-17,24H,4-5,18-19H2,1-3H3,(H,27,31)/t24-/m0/s1. The average molecular weight is 482 g/mol. The molecule has 0 radical (unpaired) electrons. The molecule has 0 unspecified atom stereocenters. The number of amides is 2. The van der Waals surface area contributed by atoms with Crippen molar-refractivity contribution in [2.45, 2.75) is 37.8 Å². The average Bonchev–Trinajstić information content (AvgIpc) is 2.84. The maximum absolute atomic E-state index is 13.4. The SMILES string of the molecule is CCNC(=O)[C@H](CC)N(Cc1ccccc1)C(=O)CN(C)S(=O)(=O)c1ccc2ccccc2c1. The third-order valence-corrected chi connectivity index (χ3v) is 7.52. The molecule has 180 valence electrons. The van der Waals surface area contributed by atoms with E-state index in [1.54, 1.807) is 18.2 Å². The summed E-state index contributed by atoms with van der Waals surface area (Å²) in [5, 5.41) is 4.51. The molecule has 34 heavy (non-hydrogen) atoms. The Morgan fingerprint density at radius 2 is 1.56 bits per heavy atom. The highest BCUT2D eigenvalue weighted by Gasteiger charge is 2.31. The van der Waals surface area contributed by atoms with Crippen LogP contribution in [-0.4, -0.2) is 55.6 Å². The smallest absolute Gasteiger partial charge is 0.243 e. The van der Waals surface area contributed by atoms with Gasteiger partial charge in [-0.05, 0) is 41.8 Å². The fourth-order valence-electron chi connectivity index (χ4n) is 3.87. The number of nitrogens with one attached hydrogen (secondary N) is 1. The third kappa shape index (κ3) is 5.81. The molecule has 0 aliphatic heterocycles. The van der Waals surface area contributed by atoms with E-state index in [2.05, 4.69) is 5.32 Å². The van der Waals surface area contributed by atoms with Crippen molar-refractivity contribution < 1.29 is 18.0 Å². The Balaban J connectivity index is 1.86. The molecular formula is C26H31N3O4S. The van der Waals surface area contributed by atoms with E-state index in [1.165, 1.54) is 11.9 Å². The fourth-order valence-corrected chi connectivity index (χ4v) is 5.02. The minimum atomic E-state index is -3.91. The normalized spacial score (nSPS) is 12.5. The van der Waals surface area contributed by atoms with Crippen LogP contribution in [0.25, 0.3) is 10.8 Å². The predicted molar refractivity (Wildman–Crippen MR) is 134 cm³/mol. The lowest BCUT2D eigenvalue weighted by atomic mass is 10.1. The molecule has 3 aromatic carbocycles. The summed E-state index contributed by atoms with van der Waals surface area (Å²) in [5.41, 5.74) is 0.860. The summed E-state index contributed by atoms with van der Waals surface area (Å²) in [6, 6.07) is 21.0. The number of hydrogen-bond donors (Lipinski definition) is 1. The Labute approximate surface area is 201 Å². The number of fused-ring (bicyclic) bond motifs is 1. The van der Waals surface area contributed by atoms with Gasteiger partial charge in [0, 0.05) is 20.1 Å². The number of rotatable bonds is 10. The molecule has 0 heterocycles. The van der Waals surface area contributed by atoms with E-state index in [1.807, 2.05) is 68.4 Å². The van der Waals surface area contributed by atoms with Crippen molar-refractivity contribution in [3.05, 3.63) is 78.4 Å². The summed E-state index contributed by atoms with van der Waals surface area (Å²) in [5.74, 6) is -0.692. The van der Waals surface area contributed by atoms with E-state index >= 15 is 0 Å². The van der Waals surface area contributed by atoms with Gasteiger partial charge in [-0.2, -0.15) is 4.31 Å². The first-order valence-electron chi connectivity index (χ1n) is 11.3. The molecule has 0 saturated carbocycles. The Morgan fingerprint density at radius 1 is 0.912 bits per heavy atom. The van der Waals surface area contributed by atoms with Gasteiger partial charge in [0.2, 0.25) is 21.8 Å². The van der Waals surface area contributed by atoms with E-state index < -0.39 is 22.0 Å². The van der Waals surface area contributed by atoms with Crippen molar-refractivity contribution in [1.29, 1.82) is 0 Å². The van der Waals surface area contributed by atoms with E-state index in [-0.39, 0.29) is 23.9 Å². The van der Waals surface area contributed by atoms with Gasteiger partial charge in [-0.15, -0.1) is 0 Å². The molecule has 0 bridgehead atoms. The molecule has 7 nitrogen and oxygen atoms in total. The Bertz CT molecular complexity index is 1250. The second-order valence-electron chi connectivity index (χ2n) is 8.10. The summed E-state index contributed by atoms with van der Waals surface area (Å²) in [4.78, 5) is 27.7. The zero-order chi connectivity index (χ0) is 24.7. The van der Waals surface area contributed by atoms with Crippen molar-refractivity contribution in [2.24, 2.45) is 0 Å². The Hall–Kier alpha value is -3.23. The third-order valence-electron chi connectivity index (χ3n) is 5.72. The first-order valence-corrected chi connectivity index (χ1v) is 12.8. The summed E-state index contributed by atoms with van der Waals surface area (Å²) in [6.07, 6.45) is 0.408. The van der Waals surface area contributed by atoms with Gasteiger partial charge < -0.3 is 10.2 Å². The Morgan fingerprint density at radius 3 is 2.21 bits per heavy atom. The second-order valence-corrected chi connectivity index (χ2v) is 10.1. The molecule has 0 fully saturated rings. The molecule has 0 aliphatic carbocycles. The topological polar surface area (TPSA) is 86.8 Å². The van der Waals surface area contributed by atoms with Crippen molar-refractivity contribution in [1.82, 2.24) is 14.5 Å². The number of hydrogen-bond acceptors (Lipinski definition) is 4. The van der Waals surface area contributed by atoms with Gasteiger partial charge in [0.25, 0.3) is 0 Å². The largest absolute Gasteiger partial charge is 0.355 e. The molecular weight excluding hydrogens is 450 g/mol. The number of sulfonamides is 1. The first kappa shape index (κ1) is 25.4. The van der Waals surface area contributed by atoms with Gasteiger partial charge in [0.15, 0.2) is 0 Å². The van der Waals surface area contributed by atoms with Crippen LogP contribution >= 0.6 is 0 Å². The zero-order valence-electron chi connectivity index (χ0n) is 19.8. The van der Waals surface area contributed by atoms with E-state index in [0.29, 0.717) is 13.0 Å². The summed E-state index contributed by atoms with van der Waals surface area (Å²) in [6.45, 7) is 3.93. The minimum absolute atomic E-state index is 0.117. The van der Waals surface area contributed by atoms with Crippen LogP contribution in [0.4, 0.5) is 0 Å². The van der Waals surface area contributed by atoms with E-state index in [0.717, 1.165) is 20.6 Å². The van der Waals surface area contributed by atoms with Crippen LogP contribution < -0.4 is 5.32 Å². The number of nitrogens with zero attached hydrogens (tertiary/aromatic N) is 2. The van der Waals surface area contributed by atoms with Gasteiger partial charge >= 0.3 is 0 Å². The number of carbonyl (C=O) groups is 2. The second kappa shape index (κ2) is 11.3. The van der Waals surface area contributed by atoms with Crippen LogP contribution in [0, 0.1) is 0 Å². The highest BCUT2D eigenvalue weighted by Crippen LogP contribution is 2.22. The van der Waals surface area contributed by atoms with Crippen LogP contribution in [0.2, 0.25) is 0 Å². The molecule has 3 rings (SSSR count). The monoisotopic (exact) mass is 481 g/mol. The summed E-state index contributed by atoms with van der Waals surface area (Å²) < 4.78 is 27.5. The Kier molecular flexibility index (Phi) is 8.41. The maximum Gasteiger partial charge on any atom is 0.243 e. The van der Waals surface area contributed by atoms with Crippen LogP contribution in [0.3, 0.4) is 0 Å². The van der Waals surface area contributed by atoms with Crippen LogP contribution in [0.5, 0.6) is 0 Å². The van der Waals surface area contributed by atoms with Crippen molar-refractivity contribution in [3.8, 4) is 0 Å².